The summed E-state index contributed by atoms with van der Waals surface area (Å²) in [6.45, 7) is 7.95. The van der Waals surface area contributed by atoms with Crippen molar-refractivity contribution in [1.29, 1.82) is 0 Å². The van der Waals surface area contributed by atoms with Crippen molar-refractivity contribution in [1.82, 2.24) is 10.6 Å². The summed E-state index contributed by atoms with van der Waals surface area (Å²) < 4.78 is 5.90. The molecular weight excluding hydrogens is 284 g/mol. The Labute approximate surface area is 131 Å². The normalized spacial score (nSPS) is 11.0. The van der Waals surface area contributed by atoms with Crippen LogP contribution in [-0.2, 0) is 6.54 Å². The van der Waals surface area contributed by atoms with E-state index in [2.05, 4.69) is 17.6 Å². The number of benzene rings is 1. The van der Waals surface area contributed by atoms with Gasteiger partial charge in [0.1, 0.15) is 11.5 Å². The lowest BCUT2D eigenvalue weighted by Gasteiger charge is -2.05. The molecule has 0 saturated carbocycles. The van der Waals surface area contributed by atoms with Crippen molar-refractivity contribution in [3.05, 3.63) is 46.7 Å². The van der Waals surface area contributed by atoms with Crippen LogP contribution in [0, 0.1) is 6.92 Å². The number of halogens is 1. The molecule has 0 aliphatic heterocycles. The van der Waals surface area contributed by atoms with Crippen LogP contribution in [0.5, 0.6) is 0 Å². The molecule has 1 aromatic carbocycles. The zero-order valence-electron chi connectivity index (χ0n) is 12.7. The third-order valence-electron chi connectivity index (χ3n) is 3.45. The molecule has 2 rings (SSSR count). The molecular formula is C17H23ClN2O. The number of rotatable bonds is 8. The zero-order chi connectivity index (χ0) is 15.1. The first-order valence-electron chi connectivity index (χ1n) is 7.48. The van der Waals surface area contributed by atoms with Crippen LogP contribution in [0.3, 0.4) is 0 Å². The monoisotopic (exact) mass is 306 g/mol. The van der Waals surface area contributed by atoms with Gasteiger partial charge in [-0.25, -0.2) is 0 Å². The molecule has 0 amide bonds. The third kappa shape index (κ3) is 4.60. The molecule has 1 heterocycles. The van der Waals surface area contributed by atoms with Crippen LogP contribution < -0.4 is 10.6 Å². The van der Waals surface area contributed by atoms with E-state index < -0.39 is 0 Å². The molecule has 0 bridgehead atoms. The minimum Gasteiger partial charge on any atom is -0.460 e. The number of hydrogen-bond acceptors (Lipinski definition) is 3. The summed E-state index contributed by atoms with van der Waals surface area (Å²) in [5, 5.41) is 7.47. The van der Waals surface area contributed by atoms with Gasteiger partial charge in [0.2, 0.25) is 0 Å². The molecule has 3 nitrogen and oxygen atoms in total. The smallest absolute Gasteiger partial charge is 0.134 e. The van der Waals surface area contributed by atoms with Gasteiger partial charge < -0.3 is 15.1 Å². The lowest BCUT2D eigenvalue weighted by Crippen LogP contribution is -2.21. The average Bonchev–Trinajstić information content (AvgIpc) is 2.94. The highest BCUT2D eigenvalue weighted by Crippen LogP contribution is 2.29. The highest BCUT2D eigenvalue weighted by molar-refractivity contribution is 6.31. The molecule has 0 aliphatic carbocycles. The van der Waals surface area contributed by atoms with Crippen molar-refractivity contribution < 1.29 is 4.42 Å². The van der Waals surface area contributed by atoms with E-state index in [4.69, 9.17) is 16.0 Å². The van der Waals surface area contributed by atoms with Crippen LogP contribution in [0.2, 0.25) is 5.02 Å². The maximum Gasteiger partial charge on any atom is 0.134 e. The second-order valence-corrected chi connectivity index (χ2v) is 5.47. The van der Waals surface area contributed by atoms with Crippen LogP contribution in [0.4, 0.5) is 0 Å². The van der Waals surface area contributed by atoms with Crippen LogP contribution in [-0.4, -0.2) is 19.6 Å². The Bertz CT molecular complexity index is 566. The van der Waals surface area contributed by atoms with Gasteiger partial charge in [0.15, 0.2) is 0 Å². The Morgan fingerprint density at radius 2 is 1.90 bits per heavy atom. The Morgan fingerprint density at radius 3 is 2.71 bits per heavy atom. The average molecular weight is 307 g/mol. The summed E-state index contributed by atoms with van der Waals surface area (Å²) in [7, 11) is 0. The third-order valence-corrected chi connectivity index (χ3v) is 3.86. The van der Waals surface area contributed by atoms with Crippen molar-refractivity contribution in [3.8, 4) is 11.3 Å². The van der Waals surface area contributed by atoms with E-state index in [-0.39, 0.29) is 0 Å². The van der Waals surface area contributed by atoms with Gasteiger partial charge >= 0.3 is 0 Å². The van der Waals surface area contributed by atoms with Gasteiger partial charge in [-0.3, -0.25) is 0 Å². The Hall–Kier alpha value is -1.29. The fourth-order valence-electron chi connectivity index (χ4n) is 2.22. The summed E-state index contributed by atoms with van der Waals surface area (Å²) in [5.74, 6) is 1.83. The van der Waals surface area contributed by atoms with E-state index in [1.807, 2.05) is 37.3 Å². The van der Waals surface area contributed by atoms with E-state index >= 15 is 0 Å². The summed E-state index contributed by atoms with van der Waals surface area (Å²) in [5.41, 5.74) is 2.11. The Balaban J connectivity index is 1.88. The summed E-state index contributed by atoms with van der Waals surface area (Å²) in [6.07, 6.45) is 1.12. The highest BCUT2D eigenvalue weighted by atomic mass is 35.5. The molecule has 0 atom stereocenters. The molecule has 2 N–H and O–H groups in total. The van der Waals surface area contributed by atoms with Gasteiger partial charge in [-0.05, 0) is 56.7 Å². The van der Waals surface area contributed by atoms with Crippen molar-refractivity contribution in [3.63, 3.8) is 0 Å². The van der Waals surface area contributed by atoms with Crippen LogP contribution >= 0.6 is 11.6 Å². The Morgan fingerprint density at radius 1 is 1.10 bits per heavy atom. The molecule has 2 aromatic rings. The van der Waals surface area contributed by atoms with Gasteiger partial charge in [0.05, 0.1) is 6.54 Å². The SMILES string of the molecule is CCNCCCNCc1ccc(-c2cccc(Cl)c2C)o1. The lowest BCUT2D eigenvalue weighted by atomic mass is 10.1. The lowest BCUT2D eigenvalue weighted by molar-refractivity contribution is 0.488. The summed E-state index contributed by atoms with van der Waals surface area (Å²) in [6, 6.07) is 9.91. The van der Waals surface area contributed by atoms with Crippen molar-refractivity contribution in [2.75, 3.05) is 19.6 Å². The molecule has 0 aliphatic rings. The minimum atomic E-state index is 0.756. The number of nitrogens with one attached hydrogen (secondary N) is 2. The van der Waals surface area contributed by atoms with E-state index in [1.165, 1.54) is 0 Å². The zero-order valence-corrected chi connectivity index (χ0v) is 13.5. The second kappa shape index (κ2) is 8.23. The van der Waals surface area contributed by atoms with Crippen LogP contribution in [0.1, 0.15) is 24.7 Å². The van der Waals surface area contributed by atoms with Crippen molar-refractivity contribution >= 4 is 11.6 Å². The molecule has 0 fully saturated rings. The second-order valence-electron chi connectivity index (χ2n) is 5.06. The minimum absolute atomic E-state index is 0.756. The number of furan rings is 1. The molecule has 0 saturated heterocycles. The number of hydrogen-bond donors (Lipinski definition) is 2. The molecule has 114 valence electrons. The Kier molecular flexibility index (Phi) is 6.30. The van der Waals surface area contributed by atoms with Crippen LogP contribution in [0.15, 0.2) is 34.7 Å². The van der Waals surface area contributed by atoms with Gasteiger partial charge in [-0.15, -0.1) is 0 Å². The largest absolute Gasteiger partial charge is 0.460 e. The molecule has 0 radical (unpaired) electrons. The predicted octanol–water partition coefficient (Wildman–Crippen LogP) is 4.00. The predicted molar refractivity (Wildman–Crippen MR) is 88.8 cm³/mol. The fourth-order valence-corrected chi connectivity index (χ4v) is 2.39. The van der Waals surface area contributed by atoms with Gasteiger partial charge in [0.25, 0.3) is 0 Å². The highest BCUT2D eigenvalue weighted by Gasteiger charge is 2.09. The molecule has 0 unspecified atom stereocenters. The maximum absolute atomic E-state index is 6.15. The van der Waals surface area contributed by atoms with Crippen LogP contribution in [0.25, 0.3) is 11.3 Å². The molecule has 21 heavy (non-hydrogen) atoms. The van der Waals surface area contributed by atoms with E-state index in [1.54, 1.807) is 0 Å². The molecule has 4 heteroatoms. The topological polar surface area (TPSA) is 37.2 Å². The quantitative estimate of drug-likeness (QED) is 0.724. The summed E-state index contributed by atoms with van der Waals surface area (Å²) >= 11 is 6.15. The van der Waals surface area contributed by atoms with E-state index in [9.17, 15) is 0 Å². The summed E-state index contributed by atoms with van der Waals surface area (Å²) in [4.78, 5) is 0. The van der Waals surface area contributed by atoms with E-state index in [0.29, 0.717) is 0 Å². The maximum atomic E-state index is 6.15. The molecule has 0 spiro atoms. The standard InChI is InChI=1S/C17H23ClN2O/c1-3-19-10-5-11-20-12-14-8-9-17(21-14)15-6-4-7-16(18)13(15)2/h4,6-9,19-20H,3,5,10-12H2,1-2H3. The van der Waals surface area contributed by atoms with Gasteiger partial charge in [-0.2, -0.15) is 0 Å². The van der Waals surface area contributed by atoms with Crippen molar-refractivity contribution in [2.45, 2.75) is 26.8 Å². The van der Waals surface area contributed by atoms with Crippen molar-refractivity contribution in [2.24, 2.45) is 0 Å². The first-order chi connectivity index (χ1) is 10.2. The van der Waals surface area contributed by atoms with E-state index in [0.717, 1.165) is 60.3 Å². The molecule has 1 aromatic heterocycles. The first-order valence-corrected chi connectivity index (χ1v) is 7.85. The van der Waals surface area contributed by atoms with Gasteiger partial charge in [0, 0.05) is 10.6 Å². The van der Waals surface area contributed by atoms with Gasteiger partial charge in [-0.1, -0.05) is 30.7 Å². The first kappa shape index (κ1) is 16.1. The fraction of sp³-hybridized carbons (Fsp3) is 0.412.